The van der Waals surface area contributed by atoms with Crippen LogP contribution in [0, 0.1) is 0 Å². The van der Waals surface area contributed by atoms with Crippen LogP contribution in [0.4, 0.5) is 0 Å². The summed E-state index contributed by atoms with van der Waals surface area (Å²) in [7, 11) is 0. The maximum Gasteiger partial charge on any atom is 0.251 e. The van der Waals surface area contributed by atoms with Crippen LogP contribution in [0.2, 0.25) is 0 Å². The largest absolute Gasteiger partial charge is 0.490 e. The second-order valence-electron chi connectivity index (χ2n) is 6.23. The molecule has 3 aliphatic heterocycles. The molecule has 4 rings (SSSR count). The number of amides is 1. The number of carbonyl (C=O) groups excluding carboxylic acids is 1. The summed E-state index contributed by atoms with van der Waals surface area (Å²) in [6.07, 6.45) is 0. The van der Waals surface area contributed by atoms with Crippen molar-refractivity contribution in [2.24, 2.45) is 0 Å². The Bertz CT molecular complexity index is 571. The zero-order valence-corrected chi connectivity index (χ0v) is 14.6. The molecule has 3 saturated heterocycles. The average molecular weight is 333 g/mol. The summed E-state index contributed by atoms with van der Waals surface area (Å²) >= 11 is 0. The summed E-state index contributed by atoms with van der Waals surface area (Å²) < 4.78 is 11.1. The molecule has 3 heterocycles. The molecular formula is C18H27N3O3. The smallest absolute Gasteiger partial charge is 0.251 e. The lowest BCUT2D eigenvalue weighted by Crippen LogP contribution is -2.63. The van der Waals surface area contributed by atoms with Gasteiger partial charge in [0.25, 0.3) is 5.91 Å². The van der Waals surface area contributed by atoms with Gasteiger partial charge in [0.1, 0.15) is 0 Å². The second kappa shape index (κ2) is 7.85. The van der Waals surface area contributed by atoms with E-state index in [-0.39, 0.29) is 5.91 Å². The molecule has 24 heavy (non-hydrogen) atoms. The van der Waals surface area contributed by atoms with Crippen molar-refractivity contribution in [3.05, 3.63) is 23.8 Å². The Kier molecular flexibility index (Phi) is 5.58. The zero-order valence-electron chi connectivity index (χ0n) is 14.6. The minimum absolute atomic E-state index is 0.0587. The van der Waals surface area contributed by atoms with E-state index in [0.29, 0.717) is 42.9 Å². The zero-order chi connectivity index (χ0) is 16.9. The van der Waals surface area contributed by atoms with Crippen molar-refractivity contribution < 1.29 is 14.3 Å². The molecule has 0 saturated carbocycles. The van der Waals surface area contributed by atoms with Gasteiger partial charge >= 0.3 is 0 Å². The molecule has 3 aliphatic rings. The first-order chi connectivity index (χ1) is 11.7. The highest BCUT2D eigenvalue weighted by atomic mass is 16.5. The molecule has 1 unspecified atom stereocenters. The molecule has 1 aromatic carbocycles. The normalized spacial score (nSPS) is 25.3. The van der Waals surface area contributed by atoms with Crippen LogP contribution in [0.15, 0.2) is 18.2 Å². The molecule has 1 N–H and O–H groups in total. The third-order valence-corrected chi connectivity index (χ3v) is 4.70. The second-order valence-corrected chi connectivity index (χ2v) is 6.23. The van der Waals surface area contributed by atoms with Crippen molar-refractivity contribution in [1.82, 2.24) is 15.1 Å². The third-order valence-electron chi connectivity index (χ3n) is 4.70. The number of fused-ring (bicyclic) bond motifs is 3. The number of ether oxygens (including phenoxy) is 2. The van der Waals surface area contributed by atoms with Crippen molar-refractivity contribution in [2.75, 3.05) is 52.5 Å². The van der Waals surface area contributed by atoms with Gasteiger partial charge in [0, 0.05) is 50.9 Å². The average Bonchev–Trinajstić information content (AvgIpc) is 2.62. The van der Waals surface area contributed by atoms with Crippen LogP contribution in [-0.4, -0.2) is 74.2 Å². The maximum absolute atomic E-state index is 12.5. The SMILES string of the molecule is CCOc1ccc(C(=O)NCC2CN3CCN2CC3)cc1OCC. The molecule has 0 spiro atoms. The van der Waals surface area contributed by atoms with Crippen LogP contribution in [0.3, 0.4) is 0 Å². The highest BCUT2D eigenvalue weighted by Gasteiger charge is 2.31. The van der Waals surface area contributed by atoms with E-state index in [4.69, 9.17) is 9.47 Å². The number of carbonyl (C=O) groups is 1. The topological polar surface area (TPSA) is 54.0 Å². The molecular weight excluding hydrogens is 306 g/mol. The lowest BCUT2D eigenvalue weighted by molar-refractivity contribution is 0.0138. The number of hydrogen-bond acceptors (Lipinski definition) is 5. The van der Waals surface area contributed by atoms with E-state index in [9.17, 15) is 4.79 Å². The number of nitrogens with one attached hydrogen (secondary N) is 1. The predicted octanol–water partition coefficient (Wildman–Crippen LogP) is 1.21. The van der Waals surface area contributed by atoms with Gasteiger partial charge < -0.3 is 14.8 Å². The first-order valence-electron chi connectivity index (χ1n) is 8.85. The Hall–Kier alpha value is -1.79. The molecule has 132 valence electrons. The lowest BCUT2D eigenvalue weighted by atomic mass is 10.1. The quantitative estimate of drug-likeness (QED) is 0.813. The number of benzene rings is 1. The highest BCUT2D eigenvalue weighted by Crippen LogP contribution is 2.28. The Morgan fingerprint density at radius 2 is 1.83 bits per heavy atom. The third kappa shape index (κ3) is 3.82. The molecule has 6 nitrogen and oxygen atoms in total. The summed E-state index contributed by atoms with van der Waals surface area (Å²) in [5.74, 6) is 1.25. The van der Waals surface area contributed by atoms with Gasteiger partial charge in [-0.15, -0.1) is 0 Å². The van der Waals surface area contributed by atoms with Crippen LogP contribution in [-0.2, 0) is 0 Å². The minimum Gasteiger partial charge on any atom is -0.490 e. The van der Waals surface area contributed by atoms with Crippen LogP contribution in [0.5, 0.6) is 11.5 Å². The van der Waals surface area contributed by atoms with Crippen LogP contribution < -0.4 is 14.8 Å². The van der Waals surface area contributed by atoms with Crippen molar-refractivity contribution >= 4 is 5.91 Å². The number of hydrogen-bond donors (Lipinski definition) is 1. The predicted molar refractivity (Wildman–Crippen MR) is 92.9 cm³/mol. The van der Waals surface area contributed by atoms with Crippen LogP contribution in [0.25, 0.3) is 0 Å². The number of nitrogens with zero attached hydrogens (tertiary/aromatic N) is 2. The fraction of sp³-hybridized carbons (Fsp3) is 0.611. The van der Waals surface area contributed by atoms with E-state index < -0.39 is 0 Å². The van der Waals surface area contributed by atoms with Gasteiger partial charge in [0.15, 0.2) is 11.5 Å². The van der Waals surface area contributed by atoms with Gasteiger partial charge in [0.05, 0.1) is 13.2 Å². The summed E-state index contributed by atoms with van der Waals surface area (Å²) in [6, 6.07) is 5.78. The van der Waals surface area contributed by atoms with Crippen LogP contribution in [0.1, 0.15) is 24.2 Å². The molecule has 1 aromatic rings. The van der Waals surface area contributed by atoms with E-state index in [2.05, 4.69) is 15.1 Å². The lowest BCUT2D eigenvalue weighted by Gasteiger charge is -2.47. The molecule has 0 aromatic heterocycles. The summed E-state index contributed by atoms with van der Waals surface area (Å²) in [6.45, 7) is 11.2. The number of rotatable bonds is 7. The van der Waals surface area contributed by atoms with Crippen molar-refractivity contribution in [3.8, 4) is 11.5 Å². The van der Waals surface area contributed by atoms with Gasteiger partial charge in [-0.05, 0) is 32.0 Å². The van der Waals surface area contributed by atoms with Gasteiger partial charge in [0.2, 0.25) is 0 Å². The fourth-order valence-corrected chi connectivity index (χ4v) is 3.42. The Morgan fingerprint density at radius 1 is 1.12 bits per heavy atom. The minimum atomic E-state index is -0.0587. The molecule has 1 atom stereocenters. The molecule has 1 amide bonds. The van der Waals surface area contributed by atoms with E-state index in [1.165, 1.54) is 0 Å². The molecule has 6 heteroatoms. The standard InChI is InChI=1S/C18H27N3O3/c1-3-23-16-6-5-14(11-17(16)24-4-2)18(22)19-12-15-13-20-7-9-21(15)10-8-20/h5-6,11,15H,3-4,7-10,12-13H2,1-2H3,(H,19,22). The molecule has 3 fully saturated rings. The summed E-state index contributed by atoms with van der Waals surface area (Å²) in [5.41, 5.74) is 0.609. The highest BCUT2D eigenvalue weighted by molar-refractivity contribution is 5.94. The molecule has 0 radical (unpaired) electrons. The fourth-order valence-electron chi connectivity index (χ4n) is 3.42. The molecule has 2 bridgehead atoms. The Balaban J connectivity index is 1.61. The van der Waals surface area contributed by atoms with Gasteiger partial charge in [-0.1, -0.05) is 0 Å². The van der Waals surface area contributed by atoms with Crippen LogP contribution >= 0.6 is 0 Å². The van der Waals surface area contributed by atoms with Gasteiger partial charge in [-0.2, -0.15) is 0 Å². The monoisotopic (exact) mass is 333 g/mol. The van der Waals surface area contributed by atoms with Crippen molar-refractivity contribution in [3.63, 3.8) is 0 Å². The Labute approximate surface area is 143 Å². The first kappa shape index (κ1) is 17.0. The van der Waals surface area contributed by atoms with E-state index in [1.807, 2.05) is 13.8 Å². The van der Waals surface area contributed by atoms with E-state index in [0.717, 1.165) is 32.7 Å². The summed E-state index contributed by atoms with van der Waals surface area (Å²) in [4.78, 5) is 17.4. The first-order valence-corrected chi connectivity index (χ1v) is 8.85. The van der Waals surface area contributed by atoms with Crippen molar-refractivity contribution in [2.45, 2.75) is 19.9 Å². The van der Waals surface area contributed by atoms with E-state index >= 15 is 0 Å². The number of piperazine rings is 3. The Morgan fingerprint density at radius 3 is 2.46 bits per heavy atom. The van der Waals surface area contributed by atoms with Gasteiger partial charge in [-0.25, -0.2) is 0 Å². The summed E-state index contributed by atoms with van der Waals surface area (Å²) in [5, 5.41) is 3.07. The van der Waals surface area contributed by atoms with Crippen molar-refractivity contribution in [1.29, 1.82) is 0 Å². The van der Waals surface area contributed by atoms with Gasteiger partial charge in [-0.3, -0.25) is 14.6 Å². The van der Waals surface area contributed by atoms with E-state index in [1.54, 1.807) is 18.2 Å². The molecule has 0 aliphatic carbocycles. The maximum atomic E-state index is 12.5.